The Bertz CT molecular complexity index is 4340. The molecule has 1 aromatic heterocycles. The van der Waals surface area contributed by atoms with Crippen LogP contribution in [-0.4, -0.2) is 157 Å². The second-order valence-electron chi connectivity index (χ2n) is 21.7. The van der Waals surface area contributed by atoms with E-state index in [-0.39, 0.29) is 139 Å². The minimum absolute atomic E-state index is 0.00281. The van der Waals surface area contributed by atoms with E-state index in [0.717, 1.165) is 4.57 Å². The minimum Gasteiger partial charge on any atom is -0.756 e. The van der Waals surface area contributed by atoms with Crippen LogP contribution in [0.15, 0.2) is 110 Å². The predicted octanol–water partition coefficient (Wildman–Crippen LogP) is 3.54. The molecule has 30 nitrogen and oxygen atoms in total. The van der Waals surface area contributed by atoms with Crippen molar-refractivity contribution in [2.75, 3.05) is 84.0 Å². The van der Waals surface area contributed by atoms with E-state index in [0.29, 0.717) is 5.75 Å². The normalized spacial score (nSPS) is 14.6. The van der Waals surface area contributed by atoms with Gasteiger partial charge < -0.3 is 74.7 Å². The fourth-order valence-electron chi connectivity index (χ4n) is 9.20. The Morgan fingerprint density at radius 2 is 1.69 bits per heavy atom. The number of nitrogens with zero attached hydrogens (tertiary/aromatic N) is 3. The maximum absolute atomic E-state index is 14.2. The molecule has 1 aliphatic carbocycles. The number of hydrogen-bond donors (Lipinski definition) is 9. The van der Waals surface area contributed by atoms with Crippen molar-refractivity contribution in [2.45, 2.75) is 78.6 Å². The van der Waals surface area contributed by atoms with Gasteiger partial charge >= 0.3 is 15.8 Å². The van der Waals surface area contributed by atoms with E-state index in [2.05, 4.69) is 37.3 Å². The van der Waals surface area contributed by atoms with Gasteiger partial charge in [0, 0.05) is 77.8 Å². The number of carbonyl (C=O) groups is 4. The molecule has 4 amide bonds. The molecule has 3 aromatic carbocycles. The highest BCUT2D eigenvalue weighted by atomic mass is 33.1. The summed E-state index contributed by atoms with van der Waals surface area (Å²) in [6.45, 7) is 7.13. The maximum Gasteiger partial charge on any atom is 0.352 e. The summed E-state index contributed by atoms with van der Waals surface area (Å²) in [6.07, 6.45) is 2.26. The number of benzene rings is 4. The number of nitrogen functional groups attached to an aromatic ring is 2. The molecule has 0 spiro atoms. The number of hydrogen-bond acceptors (Lipinski definition) is 25. The van der Waals surface area contributed by atoms with Crippen molar-refractivity contribution in [3.8, 4) is 40.0 Å². The highest BCUT2D eigenvalue weighted by Crippen LogP contribution is 2.46. The number of nitrogens with two attached hydrogens (primary N) is 3. The SMILES string of the molecule is CSS[C@H](C)OC1=C(COP(=O)([O-])O)O[C@@H](n2cc(C#CCNC(=O)COCCOC(COc3cccc(C(=O)NCCNC(=O)CCCN(C)C(=O)c4ccccc4-c4c5ccc(=[NH2+])c(S(=O)(=O)O)c-5oc5c(S(=O)(=O)O)c(N)ccc45)c3)SSC(C)(C)C)c(N)nc2=O)C1. The number of aromatic nitrogens is 2. The molecule has 0 fully saturated rings. The summed E-state index contributed by atoms with van der Waals surface area (Å²) in [5.41, 5.74) is 9.95. The number of nitrogens with one attached hydrogen (secondary N) is 3. The molecule has 3 aliphatic rings. The Labute approximate surface area is 567 Å². The van der Waals surface area contributed by atoms with Crippen LogP contribution in [0.25, 0.3) is 33.4 Å². The van der Waals surface area contributed by atoms with E-state index in [4.69, 9.17) is 49.9 Å². The molecule has 2 unspecified atom stereocenters. The van der Waals surface area contributed by atoms with Gasteiger partial charge in [-0.3, -0.25) is 42.8 Å². The van der Waals surface area contributed by atoms with Gasteiger partial charge in [-0.05, 0) is 67.6 Å². The van der Waals surface area contributed by atoms with Crippen LogP contribution >= 0.6 is 51.0 Å². The zero-order valence-electron chi connectivity index (χ0n) is 52.4. The first-order valence-corrected chi connectivity index (χ1v) is 38.0. The molecule has 0 bridgehead atoms. The fraction of sp³-hybridized carbons (Fsp3) is 0.373. The molecule has 12 N–H and O–H groups in total. The monoisotopic (exact) mass is 1460 g/mol. The van der Waals surface area contributed by atoms with Crippen molar-refractivity contribution < 1.29 is 97.5 Å². The number of anilines is 2. The van der Waals surface area contributed by atoms with Crippen LogP contribution in [0.4, 0.5) is 11.5 Å². The maximum atomic E-state index is 14.2. The second-order valence-corrected chi connectivity index (χ2v) is 31.6. The molecule has 0 saturated heterocycles. The Hall–Kier alpha value is -7.34. The number of carbonyl (C=O) groups excluding carboxylic acids is 4. The molecule has 96 heavy (non-hydrogen) atoms. The molecule has 2 aliphatic heterocycles. The van der Waals surface area contributed by atoms with Crippen molar-refractivity contribution in [2.24, 2.45) is 0 Å². The van der Waals surface area contributed by atoms with Crippen LogP contribution in [0.5, 0.6) is 5.75 Å². The van der Waals surface area contributed by atoms with Crippen molar-refractivity contribution in [1.29, 1.82) is 0 Å². The summed E-state index contributed by atoms with van der Waals surface area (Å²) in [4.78, 5) is 89.7. The van der Waals surface area contributed by atoms with Crippen molar-refractivity contribution in [3.63, 3.8) is 0 Å². The molecule has 518 valence electrons. The third-order valence-corrected chi connectivity index (χ3v) is 21.1. The number of fused-ring (bicyclic) bond motifs is 2. The van der Waals surface area contributed by atoms with E-state index < -0.39 is 107 Å². The average molecular weight is 1460 g/mol. The van der Waals surface area contributed by atoms with Gasteiger partial charge in [0.2, 0.25) is 22.1 Å². The molecule has 4 aromatic rings. The lowest BCUT2D eigenvalue weighted by atomic mass is 9.90. The summed E-state index contributed by atoms with van der Waals surface area (Å²) < 4.78 is 123. The van der Waals surface area contributed by atoms with E-state index >= 15 is 0 Å². The van der Waals surface area contributed by atoms with E-state index in [9.17, 15) is 59.4 Å². The summed E-state index contributed by atoms with van der Waals surface area (Å²) in [5, 5.41) is 13.6. The second kappa shape index (κ2) is 33.8. The van der Waals surface area contributed by atoms with Crippen LogP contribution in [0.3, 0.4) is 0 Å². The first kappa shape index (κ1) is 76.0. The smallest absolute Gasteiger partial charge is 0.352 e. The molecular weight excluding hydrogens is 1390 g/mol. The lowest BCUT2D eigenvalue weighted by Crippen LogP contribution is -2.47. The Morgan fingerprint density at radius 3 is 2.40 bits per heavy atom. The lowest BCUT2D eigenvalue weighted by molar-refractivity contribution is -0.219. The third-order valence-electron chi connectivity index (χ3n) is 13.3. The minimum atomic E-state index is -5.12. The first-order valence-electron chi connectivity index (χ1n) is 28.8. The van der Waals surface area contributed by atoms with Gasteiger partial charge in [0.25, 0.3) is 29.8 Å². The predicted molar refractivity (Wildman–Crippen MR) is 358 cm³/mol. The third kappa shape index (κ3) is 21.6. The van der Waals surface area contributed by atoms with Crippen molar-refractivity contribution in [3.05, 3.63) is 123 Å². The fourth-order valence-corrected chi connectivity index (χ4v) is 14.5. The molecule has 4 atom stereocenters. The lowest BCUT2D eigenvalue weighted by Gasteiger charge is -2.22. The summed E-state index contributed by atoms with van der Waals surface area (Å²) >= 11 is 0. The van der Waals surface area contributed by atoms with Crippen LogP contribution in [0.2, 0.25) is 0 Å². The quantitative estimate of drug-likeness (QED) is 0.00426. The molecule has 3 heterocycles. The summed E-state index contributed by atoms with van der Waals surface area (Å²) in [6, 6.07) is 17.7. The largest absolute Gasteiger partial charge is 0.756 e. The van der Waals surface area contributed by atoms with Crippen LogP contribution < -0.4 is 53.5 Å². The molecule has 7 rings (SSSR count). The van der Waals surface area contributed by atoms with Crippen molar-refractivity contribution in [1.82, 2.24) is 30.4 Å². The highest BCUT2D eigenvalue weighted by Gasteiger charge is 2.35. The number of ether oxygens (including phenoxy) is 5. The number of amides is 4. The standard InChI is InChI=1S/C59H70N9O21PS6/c1-34(92-91-6)87-44-29-48(88-45(44)31-86-90(74,75)76)68-30-36(55(62)66-58(68)73)13-10-22-63-47(70)32-83-26-27-84-49(93-94-59(2,3)4)33-85-37-14-9-12-35(28-37)56(71)65-24-23-64-46(69)17-11-25-67(5)57(72)39-16-8-7-15-38(39)50-40-18-20-42(60)53(95(77,78)79)51(40)89-52-41(50)19-21-43(61)54(52)96(80,81)82/h7-9,12,14-16,18-21,28,30,34,48-49,60H,11,17,22-27,29,31-33,61H2,1-6H3,(H,63,70)(H,64,69)(H,65,71)(H2,62,66,73)(H2,74,75,76)(H,77,78,79)(H,80,81,82)/t34-,48-,49?/m1/s1. The van der Waals surface area contributed by atoms with Crippen molar-refractivity contribution >= 4 is 117 Å². The Kier molecular flexibility index (Phi) is 26.7. The van der Waals surface area contributed by atoms with Crippen LogP contribution in [0, 0.1) is 11.8 Å². The molecule has 0 radical (unpaired) electrons. The van der Waals surface area contributed by atoms with Gasteiger partial charge in [-0.15, -0.1) is 0 Å². The van der Waals surface area contributed by atoms with Gasteiger partial charge in [-0.1, -0.05) is 100 Å². The average Bonchev–Trinajstić information content (AvgIpc) is 0.823. The van der Waals surface area contributed by atoms with Gasteiger partial charge in [0.15, 0.2) is 33.7 Å². The number of phosphoric acid groups is 1. The van der Waals surface area contributed by atoms with E-state index in [1.165, 1.54) is 86.9 Å². The summed E-state index contributed by atoms with van der Waals surface area (Å²) in [5.74, 6) is 3.42. The van der Waals surface area contributed by atoms with Crippen LogP contribution in [-0.2, 0) is 57.9 Å². The van der Waals surface area contributed by atoms with Gasteiger partial charge in [-0.2, -0.15) is 21.8 Å². The van der Waals surface area contributed by atoms with Gasteiger partial charge in [0.1, 0.15) is 42.6 Å². The Morgan fingerprint density at radius 1 is 0.958 bits per heavy atom. The van der Waals surface area contributed by atoms with E-state index in [1.54, 1.807) is 54.1 Å². The van der Waals surface area contributed by atoms with E-state index in [1.807, 2.05) is 27.0 Å². The highest BCUT2D eigenvalue weighted by molar-refractivity contribution is 8.77. The zero-order chi connectivity index (χ0) is 70.3. The summed E-state index contributed by atoms with van der Waals surface area (Å²) in [7, 11) is -8.06. The van der Waals surface area contributed by atoms with Crippen LogP contribution in [0.1, 0.15) is 79.5 Å². The Balaban J connectivity index is 0.843. The number of phosphoric ester groups is 1. The molecule has 0 saturated carbocycles. The van der Waals surface area contributed by atoms with Gasteiger partial charge in [0.05, 0.1) is 37.4 Å². The molecule has 37 heteroatoms. The molecular formula is C59H70N9O21PS6. The number of rotatable bonds is 32. The zero-order valence-corrected chi connectivity index (χ0v) is 58.2. The topological polar surface area (TPSA) is 458 Å². The van der Waals surface area contributed by atoms with Gasteiger partial charge in [-0.25, -0.2) is 4.79 Å². The first-order chi connectivity index (χ1) is 45.2.